The molecule has 1 rings (SSSR count). The van der Waals surface area contributed by atoms with Gasteiger partial charge in [-0.25, -0.2) is 0 Å². The van der Waals surface area contributed by atoms with Gasteiger partial charge in [-0.1, -0.05) is 13.0 Å². The van der Waals surface area contributed by atoms with Crippen molar-refractivity contribution in [1.29, 1.82) is 0 Å². The number of nitro groups is 1. The molecule has 0 radical (unpaired) electrons. The van der Waals surface area contributed by atoms with Gasteiger partial charge < -0.3 is 11.1 Å². The maximum atomic E-state index is 11.6. The van der Waals surface area contributed by atoms with E-state index in [1.165, 1.54) is 12.1 Å². The van der Waals surface area contributed by atoms with Gasteiger partial charge in [0.1, 0.15) is 0 Å². The molecule has 3 N–H and O–H groups in total. The molecule has 0 aliphatic carbocycles. The van der Waals surface area contributed by atoms with E-state index in [1.54, 1.807) is 19.9 Å². The summed E-state index contributed by atoms with van der Waals surface area (Å²) in [4.78, 5) is 21.8. The molecule has 0 heterocycles. The fraction of sp³-hybridized carbons (Fsp3) is 0.364. The Hall–Kier alpha value is -1.95. The summed E-state index contributed by atoms with van der Waals surface area (Å²) in [6.07, 6.45) is 0.514. The molecule has 17 heavy (non-hydrogen) atoms. The number of hydrogen-bond acceptors (Lipinski definition) is 4. The van der Waals surface area contributed by atoms with Crippen LogP contribution in [0.4, 0.5) is 11.4 Å². The highest BCUT2D eigenvalue weighted by Crippen LogP contribution is 2.25. The lowest BCUT2D eigenvalue weighted by Crippen LogP contribution is -2.35. The third-order valence-electron chi connectivity index (χ3n) is 2.54. The van der Waals surface area contributed by atoms with Gasteiger partial charge >= 0.3 is 0 Å². The molecule has 0 aliphatic rings. The van der Waals surface area contributed by atoms with E-state index in [0.717, 1.165) is 0 Å². The maximum absolute atomic E-state index is 11.6. The van der Waals surface area contributed by atoms with Crippen LogP contribution in [0.2, 0.25) is 0 Å². The van der Waals surface area contributed by atoms with Crippen LogP contribution < -0.4 is 11.1 Å². The van der Waals surface area contributed by atoms with Crippen molar-refractivity contribution in [3.63, 3.8) is 0 Å². The summed E-state index contributed by atoms with van der Waals surface area (Å²) >= 11 is 0. The zero-order valence-electron chi connectivity index (χ0n) is 9.77. The first kappa shape index (κ1) is 13.1. The largest absolute Gasteiger partial charge is 0.324 e. The van der Waals surface area contributed by atoms with E-state index in [9.17, 15) is 14.9 Å². The van der Waals surface area contributed by atoms with Crippen LogP contribution in [-0.2, 0) is 4.79 Å². The predicted octanol–water partition coefficient (Wildman–Crippen LogP) is 1.58. The molecule has 6 nitrogen and oxygen atoms in total. The summed E-state index contributed by atoms with van der Waals surface area (Å²) in [6.45, 7) is 3.38. The minimum Gasteiger partial charge on any atom is -0.324 e. The van der Waals surface area contributed by atoms with Gasteiger partial charge in [-0.05, 0) is 19.4 Å². The van der Waals surface area contributed by atoms with Crippen molar-refractivity contribution in [3.05, 3.63) is 33.9 Å². The van der Waals surface area contributed by atoms with Crippen LogP contribution in [0.15, 0.2) is 18.2 Å². The molecule has 6 heteroatoms. The fourth-order valence-electron chi connectivity index (χ4n) is 1.37. The van der Waals surface area contributed by atoms with E-state index in [4.69, 9.17) is 5.73 Å². The molecule has 0 aromatic heterocycles. The monoisotopic (exact) mass is 237 g/mol. The summed E-state index contributed by atoms with van der Waals surface area (Å²) in [7, 11) is 0. The second kappa shape index (κ2) is 5.40. The lowest BCUT2D eigenvalue weighted by Gasteiger charge is -2.11. The predicted molar refractivity (Wildman–Crippen MR) is 64.7 cm³/mol. The van der Waals surface area contributed by atoms with Crippen molar-refractivity contribution in [3.8, 4) is 0 Å². The summed E-state index contributed by atoms with van der Waals surface area (Å²) in [5.74, 6) is -0.337. The smallest absolute Gasteiger partial charge is 0.274 e. The van der Waals surface area contributed by atoms with Gasteiger partial charge in [-0.15, -0.1) is 0 Å². The Labute approximate surface area is 99.0 Å². The molecule has 0 saturated carbocycles. The van der Waals surface area contributed by atoms with Crippen LogP contribution in [0.25, 0.3) is 0 Å². The van der Waals surface area contributed by atoms with Crippen LogP contribution in [-0.4, -0.2) is 16.9 Å². The van der Waals surface area contributed by atoms with E-state index in [0.29, 0.717) is 17.7 Å². The third-order valence-corrected chi connectivity index (χ3v) is 2.54. The van der Waals surface area contributed by atoms with Gasteiger partial charge in [0.25, 0.3) is 5.69 Å². The molecule has 0 fully saturated rings. The lowest BCUT2D eigenvalue weighted by atomic mass is 10.1. The normalized spacial score (nSPS) is 11.9. The van der Waals surface area contributed by atoms with Gasteiger partial charge in [0.15, 0.2) is 0 Å². The molecule has 0 unspecified atom stereocenters. The highest BCUT2D eigenvalue weighted by Gasteiger charge is 2.16. The van der Waals surface area contributed by atoms with Crippen LogP contribution in [0, 0.1) is 17.0 Å². The Balaban J connectivity index is 2.96. The maximum Gasteiger partial charge on any atom is 0.274 e. The molecular weight excluding hydrogens is 222 g/mol. The van der Waals surface area contributed by atoms with E-state index >= 15 is 0 Å². The summed E-state index contributed by atoms with van der Waals surface area (Å²) < 4.78 is 0. The topological polar surface area (TPSA) is 98.3 Å². The van der Waals surface area contributed by atoms with E-state index in [-0.39, 0.29) is 11.6 Å². The van der Waals surface area contributed by atoms with Crippen molar-refractivity contribution in [2.75, 3.05) is 5.32 Å². The molecule has 0 saturated heterocycles. The average Bonchev–Trinajstić information content (AvgIpc) is 2.30. The minimum absolute atomic E-state index is 0.0205. The van der Waals surface area contributed by atoms with Gasteiger partial charge in [-0.2, -0.15) is 0 Å². The molecule has 1 aromatic rings. The van der Waals surface area contributed by atoms with Crippen LogP contribution in [0.1, 0.15) is 18.9 Å². The molecule has 0 spiro atoms. The molecule has 1 amide bonds. The number of hydrogen-bond donors (Lipinski definition) is 2. The lowest BCUT2D eigenvalue weighted by molar-refractivity contribution is -0.385. The number of nitrogens with two attached hydrogens (primary N) is 1. The van der Waals surface area contributed by atoms with Crippen molar-refractivity contribution >= 4 is 17.3 Å². The van der Waals surface area contributed by atoms with E-state index in [2.05, 4.69) is 5.32 Å². The molecule has 0 bridgehead atoms. The standard InChI is InChI=1S/C11H15N3O3/c1-3-8(12)11(15)13-9-5-4-6-10(7(9)2)14(16)17/h4-6,8H,3,12H2,1-2H3,(H,13,15)/t8-/m0/s1. The molecule has 92 valence electrons. The number of nitrogens with one attached hydrogen (secondary N) is 1. The number of rotatable bonds is 4. The first-order valence-electron chi connectivity index (χ1n) is 5.27. The van der Waals surface area contributed by atoms with E-state index < -0.39 is 11.0 Å². The second-order valence-electron chi connectivity index (χ2n) is 3.71. The van der Waals surface area contributed by atoms with Gasteiger partial charge in [0, 0.05) is 6.07 Å². The Morgan fingerprint density at radius 3 is 2.76 bits per heavy atom. The van der Waals surface area contributed by atoms with Crippen molar-refractivity contribution < 1.29 is 9.72 Å². The Morgan fingerprint density at radius 2 is 2.24 bits per heavy atom. The Morgan fingerprint density at radius 1 is 1.59 bits per heavy atom. The van der Waals surface area contributed by atoms with Gasteiger partial charge in [0.2, 0.25) is 5.91 Å². The number of anilines is 1. The third kappa shape index (κ3) is 3.01. The summed E-state index contributed by atoms with van der Waals surface area (Å²) in [6, 6.07) is 3.93. The molecular formula is C11H15N3O3. The quantitative estimate of drug-likeness (QED) is 0.613. The van der Waals surface area contributed by atoms with Crippen LogP contribution in [0.3, 0.4) is 0 Å². The molecule has 1 atom stereocenters. The molecule has 1 aromatic carbocycles. The highest BCUT2D eigenvalue weighted by molar-refractivity contribution is 5.95. The Bertz CT molecular complexity index is 446. The van der Waals surface area contributed by atoms with Crippen molar-refractivity contribution in [2.24, 2.45) is 5.73 Å². The average molecular weight is 237 g/mol. The number of carbonyl (C=O) groups excluding carboxylic acids is 1. The summed E-state index contributed by atoms with van der Waals surface area (Å²) in [5, 5.41) is 13.3. The van der Waals surface area contributed by atoms with Crippen molar-refractivity contribution in [1.82, 2.24) is 0 Å². The SMILES string of the molecule is CC[C@H](N)C(=O)Nc1cccc([N+](=O)[O-])c1C. The minimum atomic E-state index is -0.603. The number of benzene rings is 1. The first-order valence-corrected chi connectivity index (χ1v) is 5.27. The fourth-order valence-corrected chi connectivity index (χ4v) is 1.37. The van der Waals surface area contributed by atoms with Gasteiger partial charge in [0.05, 0.1) is 22.2 Å². The Kier molecular flexibility index (Phi) is 4.17. The van der Waals surface area contributed by atoms with Crippen LogP contribution >= 0.6 is 0 Å². The second-order valence-corrected chi connectivity index (χ2v) is 3.71. The zero-order valence-corrected chi connectivity index (χ0v) is 9.77. The zero-order chi connectivity index (χ0) is 13.0. The van der Waals surface area contributed by atoms with Crippen LogP contribution in [0.5, 0.6) is 0 Å². The highest BCUT2D eigenvalue weighted by atomic mass is 16.6. The number of nitro benzene ring substituents is 1. The number of amides is 1. The number of carbonyl (C=O) groups is 1. The first-order chi connectivity index (χ1) is 7.97. The number of nitrogens with zero attached hydrogens (tertiary/aromatic N) is 1. The van der Waals surface area contributed by atoms with Crippen molar-refractivity contribution in [2.45, 2.75) is 26.3 Å². The summed E-state index contributed by atoms with van der Waals surface area (Å²) in [5.41, 5.74) is 6.40. The van der Waals surface area contributed by atoms with E-state index in [1.807, 2.05) is 0 Å². The van der Waals surface area contributed by atoms with Gasteiger partial charge in [-0.3, -0.25) is 14.9 Å². The molecule has 0 aliphatic heterocycles.